The number of rotatable bonds is 8. The maximum atomic E-state index is 12.3. The predicted molar refractivity (Wildman–Crippen MR) is 79.5 cm³/mol. The van der Waals surface area contributed by atoms with Crippen molar-refractivity contribution < 1.29 is 8.42 Å². The van der Waals surface area contributed by atoms with Crippen molar-refractivity contribution in [2.45, 2.75) is 19.9 Å². The Morgan fingerprint density at radius 3 is 2.21 bits per heavy atom. The van der Waals surface area contributed by atoms with E-state index in [-0.39, 0.29) is 5.75 Å². The van der Waals surface area contributed by atoms with Crippen LogP contribution in [0.4, 0.5) is 0 Å². The Labute approximate surface area is 117 Å². The molecule has 0 bridgehead atoms. The molecule has 1 rings (SSSR count). The molecule has 0 aromatic heterocycles. The first-order chi connectivity index (χ1) is 8.95. The largest absolute Gasteiger partial charge is 0.308 e. The molecule has 0 amide bonds. The van der Waals surface area contributed by atoms with Gasteiger partial charge in [-0.2, -0.15) is 4.31 Å². The highest BCUT2D eigenvalue weighted by molar-refractivity contribution is 7.89. The van der Waals surface area contributed by atoms with E-state index in [9.17, 15) is 8.42 Å². The van der Waals surface area contributed by atoms with Crippen LogP contribution in [0.1, 0.15) is 18.9 Å². The molecule has 0 aliphatic carbocycles. The molecule has 0 saturated heterocycles. The second-order valence-electron chi connectivity index (χ2n) is 4.94. The average molecular weight is 284 g/mol. The van der Waals surface area contributed by atoms with E-state index >= 15 is 0 Å². The van der Waals surface area contributed by atoms with Crippen LogP contribution in [-0.4, -0.2) is 50.6 Å². The van der Waals surface area contributed by atoms with Crippen LogP contribution in [0.2, 0.25) is 0 Å². The Hall–Kier alpha value is -0.910. The first-order valence-corrected chi connectivity index (χ1v) is 8.23. The summed E-state index contributed by atoms with van der Waals surface area (Å²) >= 11 is 0. The summed E-state index contributed by atoms with van der Waals surface area (Å²) in [6.45, 7) is 3.61. The summed E-state index contributed by atoms with van der Waals surface area (Å²) in [5, 5.41) is 0. The van der Waals surface area contributed by atoms with E-state index in [1.807, 2.05) is 56.3 Å². The molecule has 1 aromatic carbocycles. The molecule has 0 fully saturated rings. The second-order valence-corrected chi connectivity index (χ2v) is 7.03. The molecule has 1 aromatic rings. The van der Waals surface area contributed by atoms with E-state index < -0.39 is 10.0 Å². The van der Waals surface area contributed by atoms with Crippen molar-refractivity contribution in [3.63, 3.8) is 0 Å². The summed E-state index contributed by atoms with van der Waals surface area (Å²) in [6.07, 6.45) is 0.648. The third kappa shape index (κ3) is 5.72. The number of nitrogens with zero attached hydrogens (tertiary/aromatic N) is 2. The average Bonchev–Trinajstić information content (AvgIpc) is 2.35. The lowest BCUT2D eigenvalue weighted by Gasteiger charge is -2.23. The molecule has 5 heteroatoms. The Kier molecular flexibility index (Phi) is 6.48. The van der Waals surface area contributed by atoms with Gasteiger partial charge in [-0.3, -0.25) is 0 Å². The van der Waals surface area contributed by atoms with Gasteiger partial charge in [0.25, 0.3) is 0 Å². The van der Waals surface area contributed by atoms with Crippen molar-refractivity contribution in [2.75, 3.05) is 32.9 Å². The smallest absolute Gasteiger partial charge is 0.214 e. The Morgan fingerprint density at radius 1 is 1.05 bits per heavy atom. The molecule has 0 unspecified atom stereocenters. The minimum Gasteiger partial charge on any atom is -0.308 e. The highest BCUT2D eigenvalue weighted by Gasteiger charge is 2.21. The summed E-state index contributed by atoms with van der Waals surface area (Å²) in [6, 6.07) is 9.74. The molecule has 0 atom stereocenters. The first-order valence-electron chi connectivity index (χ1n) is 6.62. The van der Waals surface area contributed by atoms with Gasteiger partial charge in [0.05, 0.1) is 5.75 Å². The van der Waals surface area contributed by atoms with E-state index in [4.69, 9.17) is 0 Å². The Balaban J connectivity index is 2.80. The lowest BCUT2D eigenvalue weighted by molar-refractivity contribution is 0.329. The van der Waals surface area contributed by atoms with Gasteiger partial charge in [0.1, 0.15) is 0 Å². The maximum Gasteiger partial charge on any atom is 0.214 e. The monoisotopic (exact) mass is 284 g/mol. The normalized spacial score (nSPS) is 12.3. The van der Waals surface area contributed by atoms with E-state index in [1.54, 1.807) is 4.31 Å². The standard InChI is InChI=1S/C14H24N2O2S/c1-4-12-19(17,18)16(11-10-15(2)3)13-14-8-6-5-7-9-14/h5-9H,4,10-13H2,1-3H3. The summed E-state index contributed by atoms with van der Waals surface area (Å²) < 4.78 is 26.1. The fourth-order valence-corrected chi connectivity index (χ4v) is 3.28. The molecule has 19 heavy (non-hydrogen) atoms. The summed E-state index contributed by atoms with van der Waals surface area (Å²) in [7, 11) is 0.743. The van der Waals surface area contributed by atoms with Crippen LogP contribution >= 0.6 is 0 Å². The molecule has 0 spiro atoms. The van der Waals surface area contributed by atoms with Gasteiger partial charge in [-0.1, -0.05) is 37.3 Å². The molecule has 0 radical (unpaired) electrons. The molecule has 0 heterocycles. The van der Waals surface area contributed by atoms with Crippen molar-refractivity contribution in [1.82, 2.24) is 9.21 Å². The van der Waals surface area contributed by atoms with Gasteiger partial charge >= 0.3 is 0 Å². The molecule has 0 N–H and O–H groups in total. The van der Waals surface area contributed by atoms with Gasteiger partial charge < -0.3 is 4.90 Å². The third-order valence-electron chi connectivity index (χ3n) is 2.85. The van der Waals surface area contributed by atoms with Crippen LogP contribution in [0.15, 0.2) is 30.3 Å². The number of likely N-dealkylation sites (N-methyl/N-ethyl adjacent to an activating group) is 1. The summed E-state index contributed by atoms with van der Waals surface area (Å²) in [5.41, 5.74) is 1.03. The van der Waals surface area contributed by atoms with Gasteiger partial charge in [-0.05, 0) is 26.1 Å². The molecule has 4 nitrogen and oxygen atoms in total. The van der Waals surface area contributed by atoms with Crippen molar-refractivity contribution in [2.24, 2.45) is 0 Å². The van der Waals surface area contributed by atoms with Gasteiger partial charge in [0.15, 0.2) is 0 Å². The van der Waals surface area contributed by atoms with Gasteiger partial charge in [0.2, 0.25) is 10.0 Å². The molecular weight excluding hydrogens is 260 g/mol. The molecule has 0 aliphatic rings. The topological polar surface area (TPSA) is 40.6 Å². The summed E-state index contributed by atoms with van der Waals surface area (Å²) in [4.78, 5) is 2.00. The zero-order chi connectivity index (χ0) is 14.3. The van der Waals surface area contributed by atoms with Crippen molar-refractivity contribution in [3.8, 4) is 0 Å². The summed E-state index contributed by atoms with van der Waals surface area (Å²) in [5.74, 6) is 0.216. The van der Waals surface area contributed by atoms with E-state index in [2.05, 4.69) is 0 Å². The number of sulfonamides is 1. The van der Waals surface area contributed by atoms with Gasteiger partial charge in [-0.15, -0.1) is 0 Å². The molecule has 108 valence electrons. The van der Waals surface area contributed by atoms with Crippen LogP contribution in [0.3, 0.4) is 0 Å². The highest BCUT2D eigenvalue weighted by Crippen LogP contribution is 2.10. The number of hydrogen-bond acceptors (Lipinski definition) is 3. The third-order valence-corrected chi connectivity index (χ3v) is 4.88. The fraction of sp³-hybridized carbons (Fsp3) is 0.571. The number of benzene rings is 1. The van der Waals surface area contributed by atoms with Crippen molar-refractivity contribution in [3.05, 3.63) is 35.9 Å². The predicted octanol–water partition coefficient (Wildman–Crippen LogP) is 1.79. The Morgan fingerprint density at radius 2 is 1.68 bits per heavy atom. The zero-order valence-electron chi connectivity index (χ0n) is 12.0. The van der Waals surface area contributed by atoms with Gasteiger partial charge in [-0.25, -0.2) is 8.42 Å². The molecular formula is C14H24N2O2S. The van der Waals surface area contributed by atoms with Crippen LogP contribution in [0, 0.1) is 0 Å². The van der Waals surface area contributed by atoms with Crippen molar-refractivity contribution in [1.29, 1.82) is 0 Å². The lowest BCUT2D eigenvalue weighted by atomic mass is 10.2. The minimum atomic E-state index is -3.16. The minimum absolute atomic E-state index is 0.216. The quantitative estimate of drug-likeness (QED) is 0.731. The Bertz CT molecular complexity index is 458. The SMILES string of the molecule is CCCS(=O)(=O)N(CCN(C)C)Cc1ccccc1. The maximum absolute atomic E-state index is 12.3. The van der Waals surface area contributed by atoms with Crippen LogP contribution in [0.25, 0.3) is 0 Å². The number of hydrogen-bond donors (Lipinski definition) is 0. The molecule has 0 aliphatic heterocycles. The second kappa shape index (κ2) is 7.62. The van der Waals surface area contributed by atoms with Gasteiger partial charge in [0, 0.05) is 19.6 Å². The van der Waals surface area contributed by atoms with Crippen molar-refractivity contribution >= 4 is 10.0 Å². The van der Waals surface area contributed by atoms with Crippen LogP contribution in [0.5, 0.6) is 0 Å². The van der Waals surface area contributed by atoms with E-state index in [0.29, 0.717) is 19.5 Å². The van der Waals surface area contributed by atoms with Crippen LogP contribution in [-0.2, 0) is 16.6 Å². The van der Waals surface area contributed by atoms with E-state index in [1.165, 1.54) is 0 Å². The molecule has 0 saturated carbocycles. The lowest BCUT2D eigenvalue weighted by Crippen LogP contribution is -2.37. The highest BCUT2D eigenvalue weighted by atomic mass is 32.2. The zero-order valence-corrected chi connectivity index (χ0v) is 12.9. The van der Waals surface area contributed by atoms with E-state index in [0.717, 1.165) is 12.1 Å². The fourth-order valence-electron chi connectivity index (χ4n) is 1.80. The first kappa shape index (κ1) is 16.1. The van der Waals surface area contributed by atoms with Crippen LogP contribution < -0.4 is 0 Å².